The smallest absolute Gasteiger partial charge is 0.123 e. The Morgan fingerprint density at radius 3 is 2.52 bits per heavy atom. The molecule has 1 saturated heterocycles. The van der Waals surface area contributed by atoms with E-state index in [0.29, 0.717) is 6.54 Å². The number of nitrogens with zero attached hydrogens (tertiary/aromatic N) is 3. The van der Waals surface area contributed by atoms with Gasteiger partial charge in [0.05, 0.1) is 25.0 Å². The lowest BCUT2D eigenvalue weighted by Crippen LogP contribution is -2.21. The van der Waals surface area contributed by atoms with E-state index in [1.165, 1.54) is 12.8 Å². The Balaban J connectivity index is 1.89. The summed E-state index contributed by atoms with van der Waals surface area (Å²) in [6.45, 7) is 2.87. The molecule has 3 rings (SSSR count). The predicted octanol–water partition coefficient (Wildman–Crippen LogP) is 2.82. The molecule has 1 fully saturated rings. The molecule has 0 unspecified atom stereocenters. The van der Waals surface area contributed by atoms with E-state index in [0.717, 1.165) is 36.7 Å². The van der Waals surface area contributed by atoms with Crippen LogP contribution in [-0.4, -0.2) is 39.3 Å². The highest BCUT2D eigenvalue weighted by atomic mass is 19.1. The lowest BCUT2D eigenvalue weighted by molar-refractivity contribution is 0.313. The number of alkyl halides is 1. The van der Waals surface area contributed by atoms with Gasteiger partial charge in [-0.2, -0.15) is 0 Å². The number of hydrogen-bond donors (Lipinski definition) is 1. The summed E-state index contributed by atoms with van der Waals surface area (Å²) < 4.78 is 14.9. The van der Waals surface area contributed by atoms with Gasteiger partial charge in [-0.1, -0.05) is 0 Å². The molecule has 2 heterocycles. The molecular weight excluding hydrogens is 269 g/mol. The van der Waals surface area contributed by atoms with Crippen LogP contribution < -0.4 is 0 Å². The van der Waals surface area contributed by atoms with Gasteiger partial charge in [0.15, 0.2) is 0 Å². The van der Waals surface area contributed by atoms with Gasteiger partial charge in [-0.25, -0.2) is 9.37 Å². The Labute approximate surface area is 123 Å². The van der Waals surface area contributed by atoms with Crippen molar-refractivity contribution in [2.45, 2.75) is 25.9 Å². The standard InChI is InChI=1S/C16H20FN3O/c17-7-10-20-15(13-3-5-14(21)6-4-13)11-18-16(20)12-19-8-1-2-9-19/h3-6,11,21H,1-2,7-10,12H2. The molecule has 4 nitrogen and oxygen atoms in total. The average Bonchev–Trinajstić information content (AvgIpc) is 3.12. The van der Waals surface area contributed by atoms with Crippen LogP contribution in [0.25, 0.3) is 11.3 Å². The van der Waals surface area contributed by atoms with Crippen molar-refractivity contribution in [2.75, 3.05) is 19.8 Å². The molecule has 0 bridgehead atoms. The van der Waals surface area contributed by atoms with Crippen LogP contribution in [-0.2, 0) is 13.1 Å². The first-order chi connectivity index (χ1) is 10.3. The van der Waals surface area contributed by atoms with Crippen molar-refractivity contribution in [2.24, 2.45) is 0 Å². The van der Waals surface area contributed by atoms with Crippen LogP contribution in [0, 0.1) is 0 Å². The Kier molecular flexibility index (Phi) is 4.20. The zero-order chi connectivity index (χ0) is 14.7. The molecule has 0 amide bonds. The van der Waals surface area contributed by atoms with Crippen molar-refractivity contribution in [3.63, 3.8) is 0 Å². The molecule has 1 N–H and O–H groups in total. The minimum absolute atomic E-state index is 0.229. The zero-order valence-electron chi connectivity index (χ0n) is 12.0. The first-order valence-electron chi connectivity index (χ1n) is 7.40. The lowest BCUT2D eigenvalue weighted by atomic mass is 10.1. The summed E-state index contributed by atoms with van der Waals surface area (Å²) in [5.41, 5.74) is 1.85. The first kappa shape index (κ1) is 14.1. The highest BCUT2D eigenvalue weighted by Crippen LogP contribution is 2.24. The molecule has 2 aromatic rings. The maximum atomic E-state index is 12.9. The highest BCUT2D eigenvalue weighted by molar-refractivity contribution is 5.60. The predicted molar refractivity (Wildman–Crippen MR) is 79.8 cm³/mol. The minimum Gasteiger partial charge on any atom is -0.508 e. The van der Waals surface area contributed by atoms with Crippen molar-refractivity contribution >= 4 is 0 Å². The molecule has 0 spiro atoms. The van der Waals surface area contributed by atoms with Gasteiger partial charge in [0.2, 0.25) is 0 Å². The third kappa shape index (κ3) is 3.08. The van der Waals surface area contributed by atoms with Gasteiger partial charge < -0.3 is 9.67 Å². The van der Waals surface area contributed by atoms with E-state index in [1.807, 2.05) is 16.7 Å². The van der Waals surface area contributed by atoms with Crippen LogP contribution in [0.15, 0.2) is 30.5 Å². The highest BCUT2D eigenvalue weighted by Gasteiger charge is 2.17. The fourth-order valence-electron chi connectivity index (χ4n) is 2.88. The quantitative estimate of drug-likeness (QED) is 0.920. The van der Waals surface area contributed by atoms with E-state index in [4.69, 9.17) is 0 Å². The fourth-order valence-corrected chi connectivity index (χ4v) is 2.88. The number of hydrogen-bond acceptors (Lipinski definition) is 3. The Morgan fingerprint density at radius 1 is 1.14 bits per heavy atom. The Hall–Kier alpha value is -1.88. The van der Waals surface area contributed by atoms with Gasteiger partial charge in [0, 0.05) is 5.56 Å². The molecule has 1 aromatic carbocycles. The summed E-state index contributed by atoms with van der Waals surface area (Å²) in [6, 6.07) is 6.95. The topological polar surface area (TPSA) is 41.3 Å². The van der Waals surface area contributed by atoms with Crippen LogP contribution in [0.3, 0.4) is 0 Å². The summed E-state index contributed by atoms with van der Waals surface area (Å²) in [5.74, 6) is 1.14. The van der Waals surface area contributed by atoms with E-state index in [2.05, 4.69) is 9.88 Å². The van der Waals surface area contributed by atoms with Gasteiger partial charge in [-0.3, -0.25) is 4.90 Å². The molecule has 0 radical (unpaired) electrons. The SMILES string of the molecule is Oc1ccc(-c2cnc(CN3CCCC3)n2CCF)cc1. The van der Waals surface area contributed by atoms with E-state index < -0.39 is 6.67 Å². The fraction of sp³-hybridized carbons (Fsp3) is 0.438. The molecule has 21 heavy (non-hydrogen) atoms. The second kappa shape index (κ2) is 6.26. The molecule has 1 aliphatic heterocycles. The molecule has 0 aliphatic carbocycles. The lowest BCUT2D eigenvalue weighted by Gasteiger charge is -2.16. The number of likely N-dealkylation sites (tertiary alicyclic amines) is 1. The number of halogens is 1. The van der Waals surface area contributed by atoms with Crippen LogP contribution in [0.5, 0.6) is 5.75 Å². The summed E-state index contributed by atoms with van der Waals surface area (Å²) >= 11 is 0. The maximum absolute atomic E-state index is 12.9. The largest absolute Gasteiger partial charge is 0.508 e. The van der Waals surface area contributed by atoms with E-state index in [9.17, 15) is 9.50 Å². The van der Waals surface area contributed by atoms with Crippen molar-refractivity contribution in [3.05, 3.63) is 36.3 Å². The van der Waals surface area contributed by atoms with E-state index in [1.54, 1.807) is 18.3 Å². The van der Waals surface area contributed by atoms with Crippen molar-refractivity contribution in [1.29, 1.82) is 0 Å². The zero-order valence-corrected chi connectivity index (χ0v) is 12.0. The number of phenols is 1. The third-order valence-electron chi connectivity index (χ3n) is 3.97. The molecule has 112 valence electrons. The molecule has 5 heteroatoms. The van der Waals surface area contributed by atoms with Gasteiger partial charge in [-0.05, 0) is 50.2 Å². The molecule has 0 saturated carbocycles. The second-order valence-corrected chi connectivity index (χ2v) is 5.43. The molecule has 0 atom stereocenters. The van der Waals surface area contributed by atoms with E-state index >= 15 is 0 Å². The number of rotatable bonds is 5. The van der Waals surface area contributed by atoms with Gasteiger partial charge in [0.1, 0.15) is 18.2 Å². The molecular formula is C16H20FN3O. The molecule has 1 aliphatic rings. The van der Waals surface area contributed by atoms with Crippen molar-refractivity contribution in [3.8, 4) is 17.0 Å². The second-order valence-electron chi connectivity index (χ2n) is 5.43. The molecule has 1 aromatic heterocycles. The average molecular weight is 289 g/mol. The number of benzene rings is 1. The summed E-state index contributed by atoms with van der Waals surface area (Å²) in [7, 11) is 0. The van der Waals surface area contributed by atoms with Crippen LogP contribution in [0.2, 0.25) is 0 Å². The van der Waals surface area contributed by atoms with Crippen LogP contribution in [0.1, 0.15) is 18.7 Å². The van der Waals surface area contributed by atoms with Gasteiger partial charge >= 0.3 is 0 Å². The van der Waals surface area contributed by atoms with Gasteiger partial charge in [0.25, 0.3) is 0 Å². The maximum Gasteiger partial charge on any atom is 0.123 e. The summed E-state index contributed by atoms with van der Waals surface area (Å²) in [6.07, 6.45) is 4.26. The van der Waals surface area contributed by atoms with Crippen molar-refractivity contribution in [1.82, 2.24) is 14.5 Å². The summed E-state index contributed by atoms with van der Waals surface area (Å²) in [5, 5.41) is 9.38. The normalized spacial score (nSPS) is 15.7. The minimum atomic E-state index is -0.408. The van der Waals surface area contributed by atoms with Crippen LogP contribution in [0.4, 0.5) is 4.39 Å². The number of phenolic OH excluding ortho intramolecular Hbond substituents is 1. The number of aromatic hydroxyl groups is 1. The third-order valence-corrected chi connectivity index (χ3v) is 3.97. The van der Waals surface area contributed by atoms with Crippen LogP contribution >= 0.6 is 0 Å². The Morgan fingerprint density at radius 2 is 1.86 bits per heavy atom. The summed E-state index contributed by atoms with van der Waals surface area (Å²) in [4.78, 5) is 6.85. The van der Waals surface area contributed by atoms with Gasteiger partial charge in [-0.15, -0.1) is 0 Å². The monoisotopic (exact) mass is 289 g/mol. The number of imidazole rings is 1. The van der Waals surface area contributed by atoms with Crippen molar-refractivity contribution < 1.29 is 9.50 Å². The Bertz CT molecular complexity index is 588. The number of aromatic nitrogens is 2. The van der Waals surface area contributed by atoms with E-state index in [-0.39, 0.29) is 5.75 Å². The first-order valence-corrected chi connectivity index (χ1v) is 7.40.